The number of benzene rings is 2. The number of hydrogen-bond donors (Lipinski definition) is 1. The average Bonchev–Trinajstić information content (AvgIpc) is 2.65. The molecule has 100 valence electrons. The molecule has 0 fully saturated rings. The van der Waals surface area contributed by atoms with E-state index < -0.39 is 0 Å². The lowest BCUT2D eigenvalue weighted by Crippen LogP contribution is -2.30. The molecule has 2 aromatic rings. The zero-order valence-electron chi connectivity index (χ0n) is 10.7. The van der Waals surface area contributed by atoms with Crippen LogP contribution in [0.1, 0.15) is 26.3 Å². The van der Waals surface area contributed by atoms with E-state index in [2.05, 4.69) is 15.9 Å². The molecule has 1 aliphatic rings. The summed E-state index contributed by atoms with van der Waals surface area (Å²) in [6.07, 6.45) is 0. The number of rotatable bonds is 1. The number of nitrogen functional groups attached to an aromatic ring is 1. The number of fused-ring (bicyclic) bond motifs is 1. The second-order valence-electron chi connectivity index (χ2n) is 4.63. The molecule has 5 heteroatoms. The number of nitrogens with two attached hydrogens (primary N) is 1. The van der Waals surface area contributed by atoms with Crippen LogP contribution in [0.15, 0.2) is 40.9 Å². The average molecular weight is 331 g/mol. The highest BCUT2D eigenvalue weighted by molar-refractivity contribution is 9.10. The molecule has 2 N–H and O–H groups in total. The lowest BCUT2D eigenvalue weighted by Gasteiger charge is -2.17. The largest absolute Gasteiger partial charge is 0.399 e. The highest BCUT2D eigenvalue weighted by Crippen LogP contribution is 2.33. The third-order valence-electron chi connectivity index (χ3n) is 3.39. The van der Waals surface area contributed by atoms with Crippen LogP contribution in [0.2, 0.25) is 0 Å². The molecule has 3 rings (SSSR count). The van der Waals surface area contributed by atoms with E-state index in [0.717, 1.165) is 10.0 Å². The molecule has 2 aromatic carbocycles. The number of anilines is 2. The minimum atomic E-state index is -0.335. The first kappa shape index (κ1) is 12.9. The highest BCUT2D eigenvalue weighted by Gasteiger charge is 2.37. The van der Waals surface area contributed by atoms with Gasteiger partial charge in [0.2, 0.25) is 0 Å². The molecule has 1 heterocycles. The van der Waals surface area contributed by atoms with Gasteiger partial charge < -0.3 is 5.73 Å². The number of halogens is 1. The Bertz CT molecular complexity index is 756. The van der Waals surface area contributed by atoms with Crippen LogP contribution in [0.4, 0.5) is 11.4 Å². The van der Waals surface area contributed by atoms with Crippen molar-refractivity contribution in [3.8, 4) is 0 Å². The number of carbonyl (C=O) groups excluding carboxylic acids is 2. The standard InChI is InChI=1S/C15H11BrN2O2/c1-8-12(16)3-2-4-13(8)18-14(19)10-6-5-9(17)7-11(10)15(18)20/h2-7H,17H2,1H3. The van der Waals surface area contributed by atoms with Gasteiger partial charge in [-0.05, 0) is 42.8 Å². The van der Waals surface area contributed by atoms with Crippen LogP contribution in [0.3, 0.4) is 0 Å². The molecule has 0 bridgehead atoms. The van der Waals surface area contributed by atoms with Crippen molar-refractivity contribution in [1.82, 2.24) is 0 Å². The molecule has 0 aliphatic carbocycles. The molecule has 1 aliphatic heterocycles. The van der Waals surface area contributed by atoms with E-state index in [9.17, 15) is 9.59 Å². The maximum Gasteiger partial charge on any atom is 0.266 e. The van der Waals surface area contributed by atoms with E-state index in [1.807, 2.05) is 13.0 Å². The van der Waals surface area contributed by atoms with Crippen molar-refractivity contribution in [1.29, 1.82) is 0 Å². The first-order valence-corrected chi connectivity index (χ1v) is 6.83. The predicted molar refractivity (Wildman–Crippen MR) is 80.9 cm³/mol. The van der Waals surface area contributed by atoms with Crippen molar-refractivity contribution in [3.05, 3.63) is 57.6 Å². The molecule has 0 saturated carbocycles. The SMILES string of the molecule is Cc1c(Br)cccc1N1C(=O)c2ccc(N)cc2C1=O. The number of amides is 2. The minimum Gasteiger partial charge on any atom is -0.399 e. The van der Waals surface area contributed by atoms with E-state index in [-0.39, 0.29) is 11.8 Å². The van der Waals surface area contributed by atoms with Gasteiger partial charge in [-0.2, -0.15) is 0 Å². The van der Waals surface area contributed by atoms with Crippen molar-refractivity contribution in [2.45, 2.75) is 6.92 Å². The van der Waals surface area contributed by atoms with Gasteiger partial charge in [-0.15, -0.1) is 0 Å². The summed E-state index contributed by atoms with van der Waals surface area (Å²) in [5, 5.41) is 0. The molecule has 0 unspecified atom stereocenters. The summed E-state index contributed by atoms with van der Waals surface area (Å²) in [5.74, 6) is -0.648. The second-order valence-corrected chi connectivity index (χ2v) is 5.49. The molecular weight excluding hydrogens is 320 g/mol. The van der Waals surface area contributed by atoms with Crippen molar-refractivity contribution < 1.29 is 9.59 Å². The van der Waals surface area contributed by atoms with E-state index in [1.165, 1.54) is 4.90 Å². The number of hydrogen-bond acceptors (Lipinski definition) is 3. The molecule has 0 aromatic heterocycles. The molecule has 20 heavy (non-hydrogen) atoms. The smallest absolute Gasteiger partial charge is 0.266 e. The molecular formula is C15H11BrN2O2. The quantitative estimate of drug-likeness (QED) is 0.645. The maximum atomic E-state index is 12.5. The Hall–Kier alpha value is -2.14. The first-order valence-electron chi connectivity index (χ1n) is 6.04. The Morgan fingerprint density at radius 2 is 1.75 bits per heavy atom. The van der Waals surface area contributed by atoms with Gasteiger partial charge >= 0.3 is 0 Å². The van der Waals surface area contributed by atoms with Crippen LogP contribution >= 0.6 is 15.9 Å². The molecule has 2 amide bonds. The Labute approximate surface area is 124 Å². The minimum absolute atomic E-state index is 0.314. The van der Waals surface area contributed by atoms with Crippen LogP contribution in [0.25, 0.3) is 0 Å². The fraction of sp³-hybridized carbons (Fsp3) is 0.0667. The zero-order chi connectivity index (χ0) is 14.4. The second kappa shape index (κ2) is 4.45. The Morgan fingerprint density at radius 1 is 1.05 bits per heavy atom. The van der Waals surface area contributed by atoms with Crippen molar-refractivity contribution in [2.75, 3.05) is 10.6 Å². The van der Waals surface area contributed by atoms with Gasteiger partial charge in [-0.3, -0.25) is 9.59 Å². The molecule has 0 radical (unpaired) electrons. The van der Waals surface area contributed by atoms with Crippen molar-refractivity contribution >= 4 is 39.1 Å². The highest BCUT2D eigenvalue weighted by atomic mass is 79.9. The van der Waals surface area contributed by atoms with Crippen LogP contribution in [-0.2, 0) is 0 Å². The molecule has 0 atom stereocenters. The normalized spacial score (nSPS) is 13.8. The van der Waals surface area contributed by atoms with Gasteiger partial charge in [-0.25, -0.2) is 4.90 Å². The zero-order valence-corrected chi connectivity index (χ0v) is 12.3. The maximum absolute atomic E-state index is 12.5. The summed E-state index contributed by atoms with van der Waals surface area (Å²) >= 11 is 3.41. The molecule has 4 nitrogen and oxygen atoms in total. The third-order valence-corrected chi connectivity index (χ3v) is 4.25. The number of carbonyl (C=O) groups is 2. The van der Waals surface area contributed by atoms with E-state index in [0.29, 0.717) is 22.5 Å². The van der Waals surface area contributed by atoms with Gasteiger partial charge in [0.15, 0.2) is 0 Å². The van der Waals surface area contributed by atoms with Gasteiger partial charge in [0.1, 0.15) is 0 Å². The summed E-state index contributed by atoms with van der Waals surface area (Å²) in [5.41, 5.74) is 8.34. The van der Waals surface area contributed by atoms with Gasteiger partial charge in [-0.1, -0.05) is 22.0 Å². The van der Waals surface area contributed by atoms with E-state index in [4.69, 9.17) is 5.73 Å². The van der Waals surface area contributed by atoms with E-state index >= 15 is 0 Å². The van der Waals surface area contributed by atoms with Crippen molar-refractivity contribution in [3.63, 3.8) is 0 Å². The van der Waals surface area contributed by atoms with Gasteiger partial charge in [0, 0.05) is 10.2 Å². The van der Waals surface area contributed by atoms with Gasteiger partial charge in [0.25, 0.3) is 11.8 Å². The Kier molecular flexibility index (Phi) is 2.87. The Morgan fingerprint density at radius 3 is 2.50 bits per heavy atom. The van der Waals surface area contributed by atoms with Crippen LogP contribution in [0.5, 0.6) is 0 Å². The third kappa shape index (κ3) is 1.74. The fourth-order valence-corrected chi connectivity index (χ4v) is 2.67. The van der Waals surface area contributed by atoms with E-state index in [1.54, 1.807) is 30.3 Å². The number of nitrogens with zero attached hydrogens (tertiary/aromatic N) is 1. The summed E-state index contributed by atoms with van der Waals surface area (Å²) in [4.78, 5) is 26.1. The lowest BCUT2D eigenvalue weighted by molar-refractivity contribution is 0.0926. The summed E-state index contributed by atoms with van der Waals surface area (Å²) in [6, 6.07) is 10.2. The van der Waals surface area contributed by atoms with Crippen LogP contribution in [0, 0.1) is 6.92 Å². The Balaban J connectivity index is 2.17. The van der Waals surface area contributed by atoms with Crippen molar-refractivity contribution in [2.24, 2.45) is 0 Å². The predicted octanol–water partition coefficient (Wildman–Crippen LogP) is 3.14. The van der Waals surface area contributed by atoms with Crippen LogP contribution in [-0.4, -0.2) is 11.8 Å². The topological polar surface area (TPSA) is 63.4 Å². The molecule has 0 saturated heterocycles. The summed E-state index contributed by atoms with van der Waals surface area (Å²) in [7, 11) is 0. The number of imide groups is 1. The van der Waals surface area contributed by atoms with Gasteiger partial charge in [0.05, 0.1) is 16.8 Å². The monoisotopic (exact) mass is 330 g/mol. The lowest BCUT2D eigenvalue weighted by atomic mass is 10.1. The fourth-order valence-electron chi connectivity index (χ4n) is 2.32. The summed E-state index contributed by atoms with van der Waals surface area (Å²) < 4.78 is 0.853. The molecule has 0 spiro atoms. The summed E-state index contributed by atoms with van der Waals surface area (Å²) in [6.45, 7) is 1.86. The van der Waals surface area contributed by atoms with Crippen LogP contribution < -0.4 is 10.6 Å². The first-order chi connectivity index (χ1) is 9.50.